The van der Waals surface area contributed by atoms with Crippen molar-refractivity contribution in [3.8, 4) is 50.7 Å². The van der Waals surface area contributed by atoms with Crippen LogP contribution in [-0.4, -0.2) is 14.5 Å². The quantitative estimate of drug-likeness (QED) is 0.183. The van der Waals surface area contributed by atoms with Gasteiger partial charge in [0.15, 0.2) is 5.82 Å². The number of hydrogen-bond donors (Lipinski definition) is 0. The number of fused-ring (bicyclic) bond motifs is 9. The van der Waals surface area contributed by atoms with Gasteiger partial charge in [-0.25, -0.2) is 9.97 Å². The van der Waals surface area contributed by atoms with Crippen LogP contribution in [0, 0.1) is 0 Å². The van der Waals surface area contributed by atoms with E-state index >= 15 is 0 Å². The lowest BCUT2D eigenvalue weighted by Gasteiger charge is -2.21. The molecule has 0 atom stereocenters. The van der Waals surface area contributed by atoms with Crippen LogP contribution in [0.1, 0.15) is 25.0 Å². The van der Waals surface area contributed by atoms with Gasteiger partial charge in [0.25, 0.3) is 0 Å². The summed E-state index contributed by atoms with van der Waals surface area (Å²) in [4.78, 5) is 10.8. The van der Waals surface area contributed by atoms with Crippen LogP contribution in [0.5, 0.6) is 0 Å². The van der Waals surface area contributed by atoms with Gasteiger partial charge in [-0.3, -0.25) is 4.57 Å². The van der Waals surface area contributed by atoms with Crippen molar-refractivity contribution >= 4 is 53.3 Å². The minimum Gasteiger partial charge on any atom is -0.294 e. The molecule has 0 radical (unpaired) electrons. The van der Waals surface area contributed by atoms with Crippen LogP contribution in [-0.2, 0) is 5.41 Å². The maximum atomic E-state index is 5.45. The predicted molar refractivity (Wildman–Crippen MR) is 223 cm³/mol. The Morgan fingerprint density at radius 2 is 1.17 bits per heavy atom. The second-order valence-corrected chi connectivity index (χ2v) is 15.7. The molecule has 0 fully saturated rings. The van der Waals surface area contributed by atoms with Gasteiger partial charge in [-0.15, -0.1) is 11.3 Å². The fourth-order valence-corrected chi connectivity index (χ4v) is 9.87. The Bertz CT molecular complexity index is 3090. The SMILES string of the molecule is CC1(C)c2ccccc2-c2cc3c(cc21)c1ccccc1n3-c1cc(-c2cccc3c2sc2ccccc23)nc(-c2cccc(-c3ccccc3)c2)n1. The van der Waals surface area contributed by atoms with Crippen LogP contribution in [0.4, 0.5) is 0 Å². The number of benzene rings is 7. The Kier molecular flexibility index (Phi) is 6.47. The maximum absolute atomic E-state index is 5.45. The standard InChI is InChI=1S/C49H33N3S/c1-49(2)40-23-9-6-18-33(40)38-28-44-39(27-41(38)49)34-19-7-10-24-43(34)52(44)46-29-42(37-22-13-21-36-35-20-8-11-25-45(35)53-47(36)37)50-48(51-46)32-17-12-16-31(26-32)30-14-4-3-5-15-30/h3-29H,1-2H3. The first-order valence-corrected chi connectivity index (χ1v) is 19.0. The number of nitrogens with zero attached hydrogens (tertiary/aromatic N) is 3. The highest BCUT2D eigenvalue weighted by Crippen LogP contribution is 2.51. The predicted octanol–water partition coefficient (Wildman–Crippen LogP) is 13.2. The molecular formula is C49H33N3S. The molecule has 0 spiro atoms. The van der Waals surface area contributed by atoms with Crippen LogP contribution < -0.4 is 0 Å². The van der Waals surface area contributed by atoms with Crippen LogP contribution in [0.15, 0.2) is 164 Å². The lowest BCUT2D eigenvalue weighted by atomic mass is 9.82. The van der Waals surface area contributed by atoms with Crippen molar-refractivity contribution in [3.05, 3.63) is 175 Å². The number of rotatable bonds is 4. The minimum absolute atomic E-state index is 0.0920. The number of hydrogen-bond acceptors (Lipinski definition) is 3. The second-order valence-electron chi connectivity index (χ2n) is 14.6. The van der Waals surface area contributed by atoms with Crippen molar-refractivity contribution < 1.29 is 0 Å². The average molecular weight is 696 g/mol. The zero-order chi connectivity index (χ0) is 35.3. The van der Waals surface area contributed by atoms with E-state index in [-0.39, 0.29) is 5.41 Å². The molecule has 4 heteroatoms. The monoisotopic (exact) mass is 695 g/mol. The summed E-state index contributed by atoms with van der Waals surface area (Å²) >= 11 is 1.83. The Morgan fingerprint density at radius 1 is 0.472 bits per heavy atom. The number of thiophene rings is 1. The molecule has 0 saturated heterocycles. The normalized spacial score (nSPS) is 13.2. The fourth-order valence-electron chi connectivity index (χ4n) is 8.64. The van der Waals surface area contributed by atoms with E-state index < -0.39 is 0 Å². The average Bonchev–Trinajstić information content (AvgIpc) is 3.83. The van der Waals surface area contributed by atoms with Gasteiger partial charge in [-0.2, -0.15) is 0 Å². The maximum Gasteiger partial charge on any atom is 0.162 e. The van der Waals surface area contributed by atoms with Crippen molar-refractivity contribution in [2.24, 2.45) is 0 Å². The minimum atomic E-state index is -0.0920. The third kappa shape index (κ3) is 4.52. The van der Waals surface area contributed by atoms with E-state index in [0.29, 0.717) is 5.82 Å². The zero-order valence-corrected chi connectivity index (χ0v) is 30.2. The van der Waals surface area contributed by atoms with Crippen molar-refractivity contribution in [2.75, 3.05) is 0 Å². The van der Waals surface area contributed by atoms with E-state index in [1.165, 1.54) is 58.8 Å². The summed E-state index contributed by atoms with van der Waals surface area (Å²) in [7, 11) is 0. The third-order valence-electron chi connectivity index (χ3n) is 11.2. The van der Waals surface area contributed by atoms with Gasteiger partial charge in [0, 0.05) is 53.6 Å². The molecule has 250 valence electrons. The third-order valence-corrected chi connectivity index (χ3v) is 12.4. The van der Waals surface area contributed by atoms with Gasteiger partial charge in [0.1, 0.15) is 5.82 Å². The highest BCUT2D eigenvalue weighted by molar-refractivity contribution is 7.26. The molecule has 1 aliphatic rings. The molecular weight excluding hydrogens is 663 g/mol. The Balaban J connectivity index is 1.21. The Morgan fingerprint density at radius 3 is 2.08 bits per heavy atom. The van der Waals surface area contributed by atoms with E-state index in [1.54, 1.807) is 0 Å². The van der Waals surface area contributed by atoms with Crippen LogP contribution in [0.3, 0.4) is 0 Å². The zero-order valence-electron chi connectivity index (χ0n) is 29.3. The number of aromatic nitrogens is 3. The molecule has 0 bridgehead atoms. The van der Waals surface area contributed by atoms with Gasteiger partial charge >= 0.3 is 0 Å². The lowest BCUT2D eigenvalue weighted by Crippen LogP contribution is -2.14. The molecule has 0 saturated carbocycles. The van der Waals surface area contributed by atoms with Gasteiger partial charge in [-0.1, -0.05) is 141 Å². The first-order chi connectivity index (χ1) is 26.0. The molecule has 0 amide bonds. The summed E-state index contributed by atoms with van der Waals surface area (Å²) in [5.74, 6) is 1.55. The van der Waals surface area contributed by atoms with Crippen LogP contribution >= 0.6 is 11.3 Å². The summed E-state index contributed by atoms with van der Waals surface area (Å²) in [5, 5.41) is 4.99. The number of para-hydroxylation sites is 1. The molecule has 7 aromatic carbocycles. The van der Waals surface area contributed by atoms with Crippen molar-refractivity contribution in [2.45, 2.75) is 19.3 Å². The van der Waals surface area contributed by atoms with Crippen molar-refractivity contribution in [3.63, 3.8) is 0 Å². The molecule has 53 heavy (non-hydrogen) atoms. The van der Waals surface area contributed by atoms with E-state index in [4.69, 9.17) is 9.97 Å². The van der Waals surface area contributed by atoms with Crippen LogP contribution in [0.2, 0.25) is 0 Å². The Labute approximate surface area is 311 Å². The summed E-state index contributed by atoms with van der Waals surface area (Å²) in [5.41, 5.74) is 12.8. The largest absolute Gasteiger partial charge is 0.294 e. The highest BCUT2D eigenvalue weighted by atomic mass is 32.1. The summed E-state index contributed by atoms with van der Waals surface area (Å²) in [6, 6.07) is 59.1. The summed E-state index contributed by atoms with van der Waals surface area (Å²) in [6.45, 7) is 4.70. The lowest BCUT2D eigenvalue weighted by molar-refractivity contribution is 0.661. The smallest absolute Gasteiger partial charge is 0.162 e. The van der Waals surface area contributed by atoms with E-state index in [9.17, 15) is 0 Å². The molecule has 3 nitrogen and oxygen atoms in total. The molecule has 10 aromatic rings. The van der Waals surface area contributed by atoms with Crippen LogP contribution in [0.25, 0.3) is 92.7 Å². The molecule has 0 aliphatic heterocycles. The Hall–Kier alpha value is -6.36. The first-order valence-electron chi connectivity index (χ1n) is 18.2. The molecule has 11 rings (SSSR count). The van der Waals surface area contributed by atoms with Gasteiger partial charge < -0.3 is 0 Å². The van der Waals surface area contributed by atoms with E-state index in [1.807, 2.05) is 11.3 Å². The topological polar surface area (TPSA) is 30.7 Å². The molecule has 0 unspecified atom stereocenters. The van der Waals surface area contributed by atoms with Gasteiger partial charge in [0.05, 0.1) is 16.7 Å². The second kappa shape index (κ2) is 11.3. The first kappa shape index (κ1) is 30.3. The fraction of sp³-hybridized carbons (Fsp3) is 0.0612. The van der Waals surface area contributed by atoms with E-state index in [2.05, 4.69) is 182 Å². The van der Waals surface area contributed by atoms with Crippen molar-refractivity contribution in [1.82, 2.24) is 14.5 Å². The molecule has 0 N–H and O–H groups in total. The molecule has 3 heterocycles. The van der Waals surface area contributed by atoms with Crippen molar-refractivity contribution in [1.29, 1.82) is 0 Å². The summed E-state index contributed by atoms with van der Waals surface area (Å²) in [6.07, 6.45) is 0. The molecule has 3 aromatic heterocycles. The van der Waals surface area contributed by atoms with Gasteiger partial charge in [-0.05, 0) is 63.7 Å². The molecule has 1 aliphatic carbocycles. The van der Waals surface area contributed by atoms with Gasteiger partial charge in [0.2, 0.25) is 0 Å². The highest BCUT2D eigenvalue weighted by Gasteiger charge is 2.36. The summed E-state index contributed by atoms with van der Waals surface area (Å²) < 4.78 is 4.88. The van der Waals surface area contributed by atoms with E-state index in [0.717, 1.165) is 39.2 Å².